The van der Waals surface area contributed by atoms with Gasteiger partial charge in [0.15, 0.2) is 0 Å². The second-order valence-electron chi connectivity index (χ2n) is 9.47. The van der Waals surface area contributed by atoms with Crippen LogP contribution in [0.3, 0.4) is 0 Å². The first-order chi connectivity index (χ1) is 11.7. The van der Waals surface area contributed by atoms with Crippen molar-refractivity contribution in [2.45, 2.75) is 83.0 Å². The summed E-state index contributed by atoms with van der Waals surface area (Å²) in [6, 6.07) is 0. The molecule has 0 aromatic rings. The van der Waals surface area contributed by atoms with E-state index >= 15 is 0 Å². The van der Waals surface area contributed by atoms with Gasteiger partial charge in [0, 0.05) is 23.9 Å². The van der Waals surface area contributed by atoms with Gasteiger partial charge in [-0.2, -0.15) is 0 Å². The molecular formula is C20H36O5. The molecular weight excluding hydrogens is 320 g/mol. The van der Waals surface area contributed by atoms with E-state index in [4.69, 9.17) is 4.74 Å². The number of hydrogen-bond acceptors (Lipinski definition) is 5. The van der Waals surface area contributed by atoms with E-state index in [1.165, 1.54) is 0 Å². The summed E-state index contributed by atoms with van der Waals surface area (Å²) < 4.78 is 6.75. The minimum Gasteiger partial charge on any atom is -0.396 e. The van der Waals surface area contributed by atoms with Crippen molar-refractivity contribution in [2.75, 3.05) is 19.8 Å². The Hall–Kier alpha value is -0.200. The summed E-state index contributed by atoms with van der Waals surface area (Å²) in [5.41, 5.74) is -1.66. The van der Waals surface area contributed by atoms with Crippen molar-refractivity contribution in [3.05, 3.63) is 0 Å². The van der Waals surface area contributed by atoms with Gasteiger partial charge in [0.1, 0.15) is 0 Å². The first-order valence-electron chi connectivity index (χ1n) is 9.94. The van der Waals surface area contributed by atoms with Crippen LogP contribution in [0.2, 0.25) is 0 Å². The Morgan fingerprint density at radius 1 is 0.960 bits per heavy atom. The predicted octanol–water partition coefficient (Wildman–Crippen LogP) is 1.85. The lowest BCUT2D eigenvalue weighted by Crippen LogP contribution is -2.66. The van der Waals surface area contributed by atoms with Crippen molar-refractivity contribution in [2.24, 2.45) is 22.7 Å². The lowest BCUT2D eigenvalue weighted by molar-refractivity contribution is -0.272. The molecule has 0 amide bonds. The maximum atomic E-state index is 10.6. The van der Waals surface area contributed by atoms with Crippen LogP contribution in [0.25, 0.3) is 0 Å². The van der Waals surface area contributed by atoms with Crippen molar-refractivity contribution in [1.29, 1.82) is 0 Å². The number of hydrogen-bond donors (Lipinski definition) is 4. The number of ether oxygens (including phenoxy) is 1. The third-order valence-corrected chi connectivity index (χ3v) is 8.46. The van der Waals surface area contributed by atoms with E-state index in [0.29, 0.717) is 18.8 Å². The van der Waals surface area contributed by atoms with Crippen LogP contribution in [0.1, 0.15) is 65.7 Å². The molecule has 25 heavy (non-hydrogen) atoms. The van der Waals surface area contributed by atoms with Crippen LogP contribution in [0.4, 0.5) is 0 Å². The summed E-state index contributed by atoms with van der Waals surface area (Å²) in [5.74, 6) is 0.549. The first kappa shape index (κ1) is 19.6. The fraction of sp³-hybridized carbons (Fsp3) is 1.00. The summed E-state index contributed by atoms with van der Waals surface area (Å²) in [6.45, 7) is 6.47. The summed E-state index contributed by atoms with van der Waals surface area (Å²) >= 11 is 0. The fourth-order valence-electron chi connectivity index (χ4n) is 6.70. The summed E-state index contributed by atoms with van der Waals surface area (Å²) in [7, 11) is 0. The molecule has 1 aliphatic heterocycles. The van der Waals surface area contributed by atoms with Gasteiger partial charge < -0.3 is 25.2 Å². The Kier molecular flexibility index (Phi) is 5.05. The van der Waals surface area contributed by atoms with Gasteiger partial charge in [-0.15, -0.1) is 0 Å². The fourth-order valence-corrected chi connectivity index (χ4v) is 6.70. The van der Waals surface area contributed by atoms with Crippen LogP contribution >= 0.6 is 0 Å². The van der Waals surface area contributed by atoms with Crippen molar-refractivity contribution in [3.63, 3.8) is 0 Å². The number of aliphatic hydroxyl groups is 4. The third-order valence-electron chi connectivity index (χ3n) is 8.46. The molecule has 3 fully saturated rings. The predicted molar refractivity (Wildman–Crippen MR) is 95.0 cm³/mol. The molecule has 0 bridgehead atoms. The molecule has 3 rings (SSSR count). The molecule has 2 saturated carbocycles. The van der Waals surface area contributed by atoms with Gasteiger partial charge in [0.2, 0.25) is 0 Å². The Balaban J connectivity index is 2.02. The van der Waals surface area contributed by atoms with Crippen LogP contribution in [0.15, 0.2) is 0 Å². The van der Waals surface area contributed by atoms with E-state index in [1.807, 2.05) is 6.92 Å². The van der Waals surface area contributed by atoms with Crippen molar-refractivity contribution in [1.82, 2.24) is 0 Å². The van der Waals surface area contributed by atoms with Gasteiger partial charge in [-0.3, -0.25) is 0 Å². The smallest absolute Gasteiger partial charge is 0.0942 e. The maximum Gasteiger partial charge on any atom is 0.0942 e. The van der Waals surface area contributed by atoms with Crippen molar-refractivity contribution >= 4 is 0 Å². The quantitative estimate of drug-likeness (QED) is 0.617. The zero-order valence-corrected chi connectivity index (χ0v) is 16.0. The van der Waals surface area contributed by atoms with E-state index in [0.717, 1.165) is 32.1 Å². The van der Waals surface area contributed by atoms with Crippen molar-refractivity contribution < 1.29 is 25.2 Å². The number of rotatable bonds is 4. The van der Waals surface area contributed by atoms with Crippen LogP contribution in [0, 0.1) is 22.7 Å². The summed E-state index contributed by atoms with van der Waals surface area (Å²) in [4.78, 5) is 0. The third kappa shape index (κ3) is 2.53. The molecule has 0 aromatic heterocycles. The zero-order chi connectivity index (χ0) is 18.5. The minimum absolute atomic E-state index is 0.0121. The Morgan fingerprint density at radius 3 is 2.28 bits per heavy atom. The highest BCUT2D eigenvalue weighted by Crippen LogP contribution is 2.67. The Labute approximate surface area is 151 Å². The van der Waals surface area contributed by atoms with E-state index in [-0.39, 0.29) is 36.8 Å². The minimum atomic E-state index is -0.653. The Bertz CT molecular complexity index is 498. The zero-order valence-electron chi connectivity index (χ0n) is 16.0. The maximum absolute atomic E-state index is 10.6. The normalized spacial score (nSPS) is 53.2. The monoisotopic (exact) mass is 356 g/mol. The standard InChI is InChI=1S/C20H36O5/c1-14-4-5-15-17(2,12-22)16(24)6-7-18(15,3)20(14)9-8-19(13-23,25-20)10-11-21/h14-16,21-24H,4-13H2,1-3H3/t14?,15?,16-,17-,18+,19?,20+/m1/s1. The second kappa shape index (κ2) is 6.45. The van der Waals surface area contributed by atoms with E-state index in [9.17, 15) is 20.4 Å². The molecule has 5 nitrogen and oxygen atoms in total. The molecule has 3 aliphatic rings. The number of fused-ring (bicyclic) bond motifs is 2. The SMILES string of the molecule is CC1CCC2[C@](C)(CC[C@@H](O)[C@]2(C)CO)[C@]12CCC(CO)(CCO)O2. The Morgan fingerprint density at radius 2 is 1.68 bits per heavy atom. The van der Waals surface area contributed by atoms with Crippen LogP contribution in [0.5, 0.6) is 0 Å². The molecule has 0 aromatic carbocycles. The van der Waals surface area contributed by atoms with Gasteiger partial charge in [-0.05, 0) is 50.4 Å². The molecule has 1 saturated heterocycles. The highest BCUT2D eigenvalue weighted by atomic mass is 16.5. The molecule has 1 heterocycles. The highest BCUT2D eigenvalue weighted by Gasteiger charge is 2.68. The molecule has 1 spiro atoms. The van der Waals surface area contributed by atoms with Gasteiger partial charge in [0.25, 0.3) is 0 Å². The molecule has 3 unspecified atom stereocenters. The lowest BCUT2D eigenvalue weighted by atomic mass is 9.43. The lowest BCUT2D eigenvalue weighted by Gasteiger charge is -2.65. The largest absolute Gasteiger partial charge is 0.396 e. The molecule has 5 heteroatoms. The van der Waals surface area contributed by atoms with Crippen LogP contribution < -0.4 is 0 Å². The van der Waals surface area contributed by atoms with Crippen LogP contribution in [-0.2, 0) is 4.74 Å². The molecule has 0 radical (unpaired) electrons. The second-order valence-corrected chi connectivity index (χ2v) is 9.47. The van der Waals surface area contributed by atoms with Gasteiger partial charge in [-0.25, -0.2) is 0 Å². The first-order valence-corrected chi connectivity index (χ1v) is 9.94. The van der Waals surface area contributed by atoms with Gasteiger partial charge >= 0.3 is 0 Å². The average Bonchev–Trinajstić information content (AvgIpc) is 2.99. The van der Waals surface area contributed by atoms with E-state index in [2.05, 4.69) is 13.8 Å². The highest BCUT2D eigenvalue weighted by molar-refractivity contribution is 5.17. The molecule has 4 N–H and O–H groups in total. The van der Waals surface area contributed by atoms with Crippen LogP contribution in [-0.4, -0.2) is 57.6 Å². The summed E-state index contributed by atoms with van der Waals surface area (Å²) in [6.07, 6.45) is 5.15. The van der Waals surface area contributed by atoms with Gasteiger partial charge in [-0.1, -0.05) is 20.8 Å². The van der Waals surface area contributed by atoms with E-state index < -0.39 is 17.1 Å². The average molecular weight is 357 g/mol. The summed E-state index contributed by atoms with van der Waals surface area (Å²) in [5, 5.41) is 40.2. The van der Waals surface area contributed by atoms with E-state index in [1.54, 1.807) is 0 Å². The van der Waals surface area contributed by atoms with Crippen molar-refractivity contribution in [3.8, 4) is 0 Å². The topological polar surface area (TPSA) is 90.2 Å². The molecule has 146 valence electrons. The number of aliphatic hydroxyl groups excluding tert-OH is 4. The molecule has 7 atom stereocenters. The van der Waals surface area contributed by atoms with Gasteiger partial charge in [0.05, 0.1) is 30.5 Å². The molecule has 2 aliphatic carbocycles.